The van der Waals surface area contributed by atoms with Gasteiger partial charge in [0.2, 0.25) is 23.6 Å². The van der Waals surface area contributed by atoms with Gasteiger partial charge in [-0.25, -0.2) is 9.59 Å². The first-order chi connectivity index (χ1) is 24.0. The predicted octanol–water partition coefficient (Wildman–Crippen LogP) is 1.90. The van der Waals surface area contributed by atoms with Crippen LogP contribution in [0.15, 0.2) is 60.8 Å². The number of urea groups is 1. The summed E-state index contributed by atoms with van der Waals surface area (Å²) in [5, 5.41) is 18.4. The second-order valence-electron chi connectivity index (χ2n) is 12.3. The number of alkyl halides is 1. The number of nitrogens with zero attached hydrogens (tertiary/aromatic N) is 2. The third-order valence-electron chi connectivity index (χ3n) is 8.94. The molecule has 2 aromatic carbocycles. The van der Waals surface area contributed by atoms with Crippen LogP contribution >= 0.6 is 11.6 Å². The molecule has 0 bridgehead atoms. The maximum absolute atomic E-state index is 14.2. The largest absolute Gasteiger partial charge is 0.480 e. The Morgan fingerprint density at radius 3 is 2.42 bits per heavy atom. The number of primary amides is 1. The van der Waals surface area contributed by atoms with Crippen molar-refractivity contribution in [2.24, 2.45) is 5.73 Å². The molecular weight excluding hydrogens is 666 g/mol. The molecule has 50 heavy (non-hydrogen) atoms. The molecule has 268 valence electrons. The van der Waals surface area contributed by atoms with Crippen LogP contribution in [0.5, 0.6) is 0 Å². The number of aliphatic carboxylic acids is 1. The zero-order valence-electron chi connectivity index (χ0n) is 27.9. The number of likely N-dealkylation sites (tertiary alicyclic amines) is 1. The predicted molar refractivity (Wildman–Crippen MR) is 187 cm³/mol. The summed E-state index contributed by atoms with van der Waals surface area (Å²) in [4.78, 5) is 83.8. The van der Waals surface area contributed by atoms with E-state index < -0.39 is 59.8 Å². The first kappa shape index (κ1) is 37.7. The number of hydrogen-bond donors (Lipinski definition) is 6. The highest BCUT2D eigenvalue weighted by Crippen LogP contribution is 2.23. The van der Waals surface area contributed by atoms with E-state index in [0.717, 1.165) is 22.0 Å². The number of fused-ring (bicyclic) bond motifs is 1. The van der Waals surface area contributed by atoms with Crippen molar-refractivity contribution in [2.45, 2.75) is 69.1 Å². The molecule has 7 N–H and O–H groups in total. The molecule has 6 amide bonds. The zero-order valence-corrected chi connectivity index (χ0v) is 28.7. The Hall–Kier alpha value is -5.11. The lowest BCUT2D eigenvalue weighted by atomic mass is 9.96. The number of piperidine rings is 1. The number of rotatable bonds is 16. The van der Waals surface area contributed by atoms with Gasteiger partial charge in [-0.2, -0.15) is 0 Å². The molecule has 15 heteroatoms. The van der Waals surface area contributed by atoms with Gasteiger partial charge in [-0.05, 0) is 49.3 Å². The number of nitrogens with one attached hydrogen (secondary N) is 4. The van der Waals surface area contributed by atoms with Crippen LogP contribution in [0.2, 0.25) is 0 Å². The van der Waals surface area contributed by atoms with Gasteiger partial charge in [0.25, 0.3) is 0 Å². The summed E-state index contributed by atoms with van der Waals surface area (Å²) in [5.74, 6) is -3.74. The third-order valence-corrected chi connectivity index (χ3v) is 9.16. The number of carboxylic acids is 1. The number of benzene rings is 2. The Morgan fingerprint density at radius 2 is 1.72 bits per heavy atom. The second kappa shape index (κ2) is 18.0. The number of nitrogens with two attached hydrogens (primary N) is 1. The number of aromatic amines is 1. The number of carbonyl (C=O) groups excluding carboxylic acids is 5. The van der Waals surface area contributed by atoms with E-state index in [0.29, 0.717) is 19.3 Å². The monoisotopic (exact) mass is 709 g/mol. The SMILES string of the molecule is CN(C(=O)CCl)[C@@H](Cc1ccccc1)C(=O)N1CCCC[C@H]1C(=O)N[C@@H](Cc1c[nH]c2ccccc12)C(=O)N[C@@H](CCCNC(N)=O)C(=O)O. The van der Waals surface area contributed by atoms with E-state index in [1.54, 1.807) is 6.20 Å². The van der Waals surface area contributed by atoms with E-state index in [1.165, 1.54) is 16.8 Å². The van der Waals surface area contributed by atoms with Gasteiger partial charge in [0.1, 0.15) is 30.0 Å². The maximum atomic E-state index is 14.2. The first-order valence-electron chi connectivity index (χ1n) is 16.6. The quantitative estimate of drug-likeness (QED) is 0.0961. The lowest BCUT2D eigenvalue weighted by Crippen LogP contribution is -2.60. The van der Waals surface area contributed by atoms with Crippen molar-refractivity contribution in [3.8, 4) is 0 Å². The van der Waals surface area contributed by atoms with Crippen LogP contribution < -0.4 is 21.7 Å². The Labute approximate surface area is 295 Å². The van der Waals surface area contributed by atoms with Gasteiger partial charge in [-0.15, -0.1) is 11.6 Å². The summed E-state index contributed by atoms with van der Waals surface area (Å²) in [5.41, 5.74) is 7.46. The van der Waals surface area contributed by atoms with Crippen molar-refractivity contribution in [1.29, 1.82) is 0 Å². The van der Waals surface area contributed by atoms with Crippen LogP contribution in [0, 0.1) is 0 Å². The molecule has 14 nitrogen and oxygen atoms in total. The van der Waals surface area contributed by atoms with Crippen LogP contribution in [0.4, 0.5) is 4.79 Å². The molecule has 0 aliphatic carbocycles. The highest BCUT2D eigenvalue weighted by Gasteiger charge is 2.39. The van der Waals surface area contributed by atoms with Crippen LogP contribution in [0.1, 0.15) is 43.2 Å². The van der Waals surface area contributed by atoms with Crippen molar-refractivity contribution in [2.75, 3.05) is 26.0 Å². The van der Waals surface area contributed by atoms with Gasteiger partial charge in [0.05, 0.1) is 0 Å². The minimum atomic E-state index is -1.30. The molecule has 0 spiro atoms. The van der Waals surface area contributed by atoms with E-state index in [-0.39, 0.29) is 44.7 Å². The van der Waals surface area contributed by atoms with Gasteiger partial charge in [0, 0.05) is 50.1 Å². The van der Waals surface area contributed by atoms with Crippen LogP contribution in [0.3, 0.4) is 0 Å². The van der Waals surface area contributed by atoms with E-state index >= 15 is 0 Å². The molecule has 0 saturated carbocycles. The summed E-state index contributed by atoms with van der Waals surface area (Å²) in [7, 11) is 1.51. The molecule has 1 aromatic heterocycles. The van der Waals surface area contributed by atoms with E-state index in [4.69, 9.17) is 17.3 Å². The standard InChI is InChI=1S/C35H44ClN7O7/c1-42(30(44)20-36)29(18-22-10-3-2-4-11-22)33(47)43-17-8-7-15-28(43)32(46)41-27(19-23-21-39-25-13-6-5-12-24(23)25)31(45)40-26(34(48)49)14-9-16-38-35(37)50/h2-6,10-13,21,26-29,39H,7-9,14-20H2,1H3,(H,40,45)(H,41,46)(H,48,49)(H3,37,38,50)/t26-,27-,28-,29-/m0/s1. The van der Waals surface area contributed by atoms with E-state index in [1.807, 2.05) is 54.6 Å². The maximum Gasteiger partial charge on any atom is 0.326 e. The fraction of sp³-hybridized carbons (Fsp3) is 0.429. The average molecular weight is 710 g/mol. The van der Waals surface area contributed by atoms with Crippen LogP contribution in [-0.2, 0) is 36.8 Å². The number of aromatic nitrogens is 1. The van der Waals surface area contributed by atoms with Gasteiger partial charge >= 0.3 is 12.0 Å². The van der Waals surface area contributed by atoms with Crippen molar-refractivity contribution in [1.82, 2.24) is 30.7 Å². The van der Waals surface area contributed by atoms with Crippen molar-refractivity contribution >= 4 is 58.1 Å². The normalized spacial score (nSPS) is 16.1. The highest BCUT2D eigenvalue weighted by molar-refractivity contribution is 6.27. The zero-order chi connectivity index (χ0) is 36.2. The molecule has 1 aliphatic rings. The smallest absolute Gasteiger partial charge is 0.326 e. The number of halogens is 1. The molecule has 2 heterocycles. The van der Waals surface area contributed by atoms with Gasteiger partial charge in [-0.3, -0.25) is 19.2 Å². The van der Waals surface area contributed by atoms with E-state index in [9.17, 15) is 33.9 Å². The Morgan fingerprint density at radius 1 is 1.00 bits per heavy atom. The average Bonchev–Trinajstić information content (AvgIpc) is 3.53. The minimum absolute atomic E-state index is 0.00263. The molecular formula is C35H44ClN7O7. The molecule has 1 aliphatic heterocycles. The Kier molecular flexibility index (Phi) is 13.6. The summed E-state index contributed by atoms with van der Waals surface area (Å²) in [6.07, 6.45) is 3.82. The van der Waals surface area contributed by atoms with Crippen molar-refractivity contribution in [3.63, 3.8) is 0 Å². The summed E-state index contributed by atoms with van der Waals surface area (Å²) in [6.45, 7) is 0.387. The summed E-state index contributed by atoms with van der Waals surface area (Å²) >= 11 is 5.87. The Balaban J connectivity index is 1.58. The number of hydrogen-bond acceptors (Lipinski definition) is 6. The molecule has 0 unspecified atom stereocenters. The number of likely N-dealkylation sites (N-methyl/N-ethyl adjacent to an activating group) is 1. The summed E-state index contributed by atoms with van der Waals surface area (Å²) in [6, 6.07) is 11.5. The molecule has 3 aromatic rings. The van der Waals surface area contributed by atoms with Crippen LogP contribution in [0.25, 0.3) is 10.9 Å². The number of H-pyrrole nitrogens is 1. The molecule has 1 saturated heterocycles. The lowest BCUT2D eigenvalue weighted by Gasteiger charge is -2.39. The number of amides is 6. The fourth-order valence-electron chi connectivity index (χ4n) is 6.20. The molecule has 4 atom stereocenters. The second-order valence-corrected chi connectivity index (χ2v) is 12.6. The third kappa shape index (κ3) is 9.97. The van der Waals surface area contributed by atoms with Gasteiger partial charge in [-0.1, -0.05) is 48.5 Å². The Bertz CT molecular complexity index is 1670. The number of para-hydroxylation sites is 1. The van der Waals surface area contributed by atoms with Crippen molar-refractivity contribution < 1.29 is 33.9 Å². The number of carbonyl (C=O) groups is 6. The first-order valence-corrected chi connectivity index (χ1v) is 17.1. The molecule has 4 rings (SSSR count). The fourth-order valence-corrected chi connectivity index (χ4v) is 6.39. The molecule has 1 fully saturated rings. The molecule has 0 radical (unpaired) electrons. The highest BCUT2D eigenvalue weighted by atomic mass is 35.5. The van der Waals surface area contributed by atoms with E-state index in [2.05, 4.69) is 20.9 Å². The van der Waals surface area contributed by atoms with Gasteiger partial charge < -0.3 is 41.6 Å². The summed E-state index contributed by atoms with van der Waals surface area (Å²) < 4.78 is 0. The number of carboxylic acid groups (broad SMARTS) is 1. The lowest BCUT2D eigenvalue weighted by molar-refractivity contribution is -0.150. The topological polar surface area (TPSA) is 207 Å². The minimum Gasteiger partial charge on any atom is -0.480 e. The van der Waals surface area contributed by atoms with Gasteiger partial charge in [0.15, 0.2) is 0 Å². The van der Waals surface area contributed by atoms with Crippen molar-refractivity contribution in [3.05, 3.63) is 71.9 Å². The van der Waals surface area contributed by atoms with Crippen LogP contribution in [-0.4, -0.2) is 106 Å².